The first kappa shape index (κ1) is 19.9. The Morgan fingerprint density at radius 1 is 1.11 bits per heavy atom. The molecule has 0 bridgehead atoms. The maximum atomic E-state index is 12.9. The lowest BCUT2D eigenvalue weighted by Gasteiger charge is -2.26. The van der Waals surface area contributed by atoms with Gasteiger partial charge in [0.15, 0.2) is 0 Å². The van der Waals surface area contributed by atoms with Crippen LogP contribution in [-0.2, 0) is 9.59 Å². The fourth-order valence-corrected chi connectivity index (χ4v) is 3.45. The predicted octanol–water partition coefficient (Wildman–Crippen LogP) is 3.36. The number of halogens is 1. The summed E-state index contributed by atoms with van der Waals surface area (Å²) in [6.07, 6.45) is 1.45. The molecule has 1 saturated heterocycles. The van der Waals surface area contributed by atoms with Gasteiger partial charge in [0.05, 0.1) is 23.0 Å². The van der Waals surface area contributed by atoms with Gasteiger partial charge in [0.25, 0.3) is 11.8 Å². The maximum Gasteiger partial charge on any atom is 0.335 e. The van der Waals surface area contributed by atoms with Crippen molar-refractivity contribution < 1.29 is 23.9 Å². The molecule has 0 unspecified atom stereocenters. The third-order valence-electron chi connectivity index (χ3n) is 3.99. The van der Waals surface area contributed by atoms with Gasteiger partial charge in [0, 0.05) is 0 Å². The fraction of sp³-hybridized carbons (Fsp3) is 0.150. The molecule has 3 rings (SSSR count). The number of hydrogen-bond acceptors (Lipinski definition) is 5. The highest BCUT2D eigenvalue weighted by atomic mass is 127. The Kier molecular flexibility index (Phi) is 5.98. The molecule has 28 heavy (non-hydrogen) atoms. The van der Waals surface area contributed by atoms with Gasteiger partial charge in [-0.1, -0.05) is 6.07 Å². The molecule has 1 N–H and O–H groups in total. The van der Waals surface area contributed by atoms with E-state index < -0.39 is 17.8 Å². The van der Waals surface area contributed by atoms with Gasteiger partial charge in [0.1, 0.15) is 17.1 Å². The standard InChI is InChI=1S/C20H17IN2O5/c1-3-28-14-7-5-13(6-8-14)23-19(25)15(18(24)22-20(23)26)10-12-4-9-17(27-2)16(21)11-12/h4-11H,3H2,1-2H3,(H,22,24,26). The Labute approximate surface area is 175 Å². The number of ether oxygens (including phenoxy) is 2. The highest BCUT2D eigenvalue weighted by Gasteiger charge is 2.36. The average Bonchev–Trinajstić information content (AvgIpc) is 2.67. The van der Waals surface area contributed by atoms with Crippen LogP contribution in [0.3, 0.4) is 0 Å². The fourth-order valence-electron chi connectivity index (χ4n) is 2.69. The molecule has 4 amide bonds. The summed E-state index contributed by atoms with van der Waals surface area (Å²) in [5.74, 6) is -0.115. The second-order valence-electron chi connectivity index (χ2n) is 5.78. The van der Waals surface area contributed by atoms with Crippen LogP contribution in [-0.4, -0.2) is 31.6 Å². The summed E-state index contributed by atoms with van der Waals surface area (Å²) < 4.78 is 11.4. The molecule has 7 nitrogen and oxygen atoms in total. The lowest BCUT2D eigenvalue weighted by atomic mass is 10.1. The van der Waals surface area contributed by atoms with Crippen molar-refractivity contribution >= 4 is 52.2 Å². The second kappa shape index (κ2) is 8.42. The van der Waals surface area contributed by atoms with Crippen LogP contribution in [0.15, 0.2) is 48.0 Å². The van der Waals surface area contributed by atoms with E-state index in [9.17, 15) is 14.4 Å². The number of anilines is 1. The normalized spacial score (nSPS) is 15.6. The Hall–Kier alpha value is -2.88. The Bertz CT molecular complexity index is 969. The summed E-state index contributed by atoms with van der Waals surface area (Å²) in [4.78, 5) is 38.3. The largest absolute Gasteiger partial charge is 0.496 e. The summed E-state index contributed by atoms with van der Waals surface area (Å²) in [5.41, 5.74) is 0.854. The number of urea groups is 1. The summed E-state index contributed by atoms with van der Waals surface area (Å²) in [7, 11) is 1.56. The van der Waals surface area contributed by atoms with Gasteiger partial charge in [-0.05, 0) is 77.6 Å². The van der Waals surface area contributed by atoms with Gasteiger partial charge >= 0.3 is 6.03 Å². The average molecular weight is 492 g/mol. The minimum atomic E-state index is -0.791. The van der Waals surface area contributed by atoms with Crippen LogP contribution in [0.25, 0.3) is 6.08 Å². The van der Waals surface area contributed by atoms with Crippen molar-refractivity contribution in [3.8, 4) is 11.5 Å². The number of imide groups is 2. The number of carbonyl (C=O) groups excluding carboxylic acids is 3. The Morgan fingerprint density at radius 3 is 2.43 bits per heavy atom. The molecule has 1 fully saturated rings. The van der Waals surface area contributed by atoms with Crippen molar-refractivity contribution in [2.75, 3.05) is 18.6 Å². The highest BCUT2D eigenvalue weighted by Crippen LogP contribution is 2.26. The number of nitrogens with zero attached hydrogens (tertiary/aromatic N) is 1. The van der Waals surface area contributed by atoms with Crippen molar-refractivity contribution in [3.63, 3.8) is 0 Å². The second-order valence-corrected chi connectivity index (χ2v) is 6.94. The molecule has 0 spiro atoms. The molecular weight excluding hydrogens is 475 g/mol. The third kappa shape index (κ3) is 4.01. The number of nitrogens with one attached hydrogen (secondary N) is 1. The highest BCUT2D eigenvalue weighted by molar-refractivity contribution is 14.1. The molecule has 0 radical (unpaired) electrons. The number of carbonyl (C=O) groups is 3. The van der Waals surface area contributed by atoms with Crippen LogP contribution in [0.2, 0.25) is 0 Å². The number of hydrogen-bond donors (Lipinski definition) is 1. The SMILES string of the molecule is CCOc1ccc(N2C(=O)NC(=O)C(=Cc3ccc(OC)c(I)c3)C2=O)cc1. The first-order chi connectivity index (χ1) is 13.4. The summed E-state index contributed by atoms with van der Waals surface area (Å²) >= 11 is 2.10. The zero-order valence-corrected chi connectivity index (χ0v) is 17.3. The van der Waals surface area contributed by atoms with Gasteiger partial charge in [-0.25, -0.2) is 9.69 Å². The van der Waals surface area contributed by atoms with Crippen LogP contribution < -0.4 is 19.7 Å². The lowest BCUT2D eigenvalue weighted by molar-refractivity contribution is -0.122. The van der Waals surface area contributed by atoms with E-state index in [1.165, 1.54) is 6.08 Å². The number of methoxy groups -OCH3 is 1. The monoisotopic (exact) mass is 492 g/mol. The smallest absolute Gasteiger partial charge is 0.335 e. The van der Waals surface area contributed by atoms with Gasteiger partial charge < -0.3 is 9.47 Å². The minimum Gasteiger partial charge on any atom is -0.496 e. The van der Waals surface area contributed by atoms with Crippen molar-refractivity contribution in [2.45, 2.75) is 6.92 Å². The topological polar surface area (TPSA) is 84.9 Å². The molecule has 0 aliphatic carbocycles. The van der Waals surface area contributed by atoms with E-state index in [4.69, 9.17) is 9.47 Å². The van der Waals surface area contributed by atoms with Gasteiger partial charge in [-0.2, -0.15) is 0 Å². The first-order valence-corrected chi connectivity index (χ1v) is 9.50. The van der Waals surface area contributed by atoms with Crippen LogP contribution >= 0.6 is 22.6 Å². The van der Waals surface area contributed by atoms with E-state index in [0.717, 1.165) is 8.47 Å². The summed E-state index contributed by atoms with van der Waals surface area (Å²) in [6, 6.07) is 11.0. The van der Waals surface area contributed by atoms with E-state index in [0.29, 0.717) is 29.4 Å². The van der Waals surface area contributed by atoms with E-state index in [1.54, 1.807) is 49.6 Å². The van der Waals surface area contributed by atoms with Crippen molar-refractivity contribution in [3.05, 3.63) is 57.2 Å². The zero-order valence-electron chi connectivity index (χ0n) is 15.2. The van der Waals surface area contributed by atoms with Crippen LogP contribution in [0.1, 0.15) is 12.5 Å². The quantitative estimate of drug-likeness (QED) is 0.393. The molecule has 0 saturated carbocycles. The molecule has 2 aromatic carbocycles. The first-order valence-electron chi connectivity index (χ1n) is 8.42. The molecule has 2 aromatic rings. The molecule has 1 aliphatic heterocycles. The van der Waals surface area contributed by atoms with Crippen molar-refractivity contribution in [1.82, 2.24) is 5.32 Å². The van der Waals surface area contributed by atoms with E-state index in [1.807, 2.05) is 6.92 Å². The van der Waals surface area contributed by atoms with Gasteiger partial charge in [-0.15, -0.1) is 0 Å². The Balaban J connectivity index is 1.94. The molecular formula is C20H17IN2O5. The number of barbiturate groups is 1. The zero-order chi connectivity index (χ0) is 20.3. The molecule has 0 atom stereocenters. The van der Waals surface area contributed by atoms with Crippen LogP contribution in [0, 0.1) is 3.57 Å². The number of rotatable bonds is 5. The van der Waals surface area contributed by atoms with Gasteiger partial charge in [-0.3, -0.25) is 14.9 Å². The molecule has 1 aliphatic rings. The summed E-state index contributed by atoms with van der Waals surface area (Å²) in [5, 5.41) is 2.21. The Morgan fingerprint density at radius 2 is 1.82 bits per heavy atom. The molecule has 0 aromatic heterocycles. The van der Waals surface area contributed by atoms with Crippen molar-refractivity contribution in [2.24, 2.45) is 0 Å². The van der Waals surface area contributed by atoms with E-state index in [2.05, 4.69) is 27.9 Å². The van der Waals surface area contributed by atoms with E-state index >= 15 is 0 Å². The molecule has 1 heterocycles. The van der Waals surface area contributed by atoms with Crippen LogP contribution in [0.5, 0.6) is 11.5 Å². The lowest BCUT2D eigenvalue weighted by Crippen LogP contribution is -2.54. The minimum absolute atomic E-state index is 0.130. The molecule has 144 valence electrons. The van der Waals surface area contributed by atoms with Crippen molar-refractivity contribution in [1.29, 1.82) is 0 Å². The number of benzene rings is 2. The van der Waals surface area contributed by atoms with Gasteiger partial charge in [0.2, 0.25) is 0 Å². The third-order valence-corrected chi connectivity index (χ3v) is 4.84. The molecule has 8 heteroatoms. The maximum absolute atomic E-state index is 12.9. The predicted molar refractivity (Wildman–Crippen MR) is 112 cm³/mol. The van der Waals surface area contributed by atoms with Crippen LogP contribution in [0.4, 0.5) is 10.5 Å². The van der Waals surface area contributed by atoms with E-state index in [-0.39, 0.29) is 5.57 Å². The number of amides is 4. The summed E-state index contributed by atoms with van der Waals surface area (Å²) in [6.45, 7) is 2.36.